The second-order valence-electron chi connectivity index (χ2n) is 5.09. The van der Waals surface area contributed by atoms with Gasteiger partial charge in [-0.25, -0.2) is 0 Å². The summed E-state index contributed by atoms with van der Waals surface area (Å²) in [5.74, 6) is 2.43. The van der Waals surface area contributed by atoms with E-state index in [0.717, 1.165) is 37.5 Å². The Balaban J connectivity index is 1.71. The maximum absolute atomic E-state index is 5.03. The van der Waals surface area contributed by atoms with E-state index in [2.05, 4.69) is 42.6 Å². The second kappa shape index (κ2) is 6.18. The van der Waals surface area contributed by atoms with E-state index in [9.17, 15) is 0 Å². The minimum atomic E-state index is 0.761. The lowest BCUT2D eigenvalue weighted by molar-refractivity contribution is 0.197. The molecule has 0 radical (unpaired) electrons. The molecule has 0 aromatic heterocycles. The normalized spacial score (nSPS) is 24.6. The van der Waals surface area contributed by atoms with Crippen molar-refractivity contribution in [1.29, 1.82) is 0 Å². The van der Waals surface area contributed by atoms with Gasteiger partial charge in [-0.1, -0.05) is 37.3 Å². The molecule has 1 N–H and O–H groups in total. The highest BCUT2D eigenvalue weighted by Gasteiger charge is 2.41. The van der Waals surface area contributed by atoms with Gasteiger partial charge in [0.15, 0.2) is 0 Å². The number of rotatable bonds is 7. The molecule has 17 heavy (non-hydrogen) atoms. The van der Waals surface area contributed by atoms with E-state index in [1.54, 1.807) is 7.11 Å². The molecule has 0 bridgehead atoms. The highest BCUT2D eigenvalue weighted by atomic mass is 16.5. The molecule has 94 valence electrons. The molecule has 2 heteroatoms. The van der Waals surface area contributed by atoms with E-state index >= 15 is 0 Å². The Labute approximate surface area is 104 Å². The van der Waals surface area contributed by atoms with Crippen LogP contribution >= 0.6 is 0 Å². The predicted molar refractivity (Wildman–Crippen MR) is 71.2 cm³/mol. The summed E-state index contributed by atoms with van der Waals surface area (Å²) in [6.07, 6.45) is 1.36. The molecule has 1 aromatic rings. The fourth-order valence-corrected chi connectivity index (χ4v) is 2.58. The Morgan fingerprint density at radius 2 is 2.12 bits per heavy atom. The predicted octanol–water partition coefficient (Wildman–Crippen LogP) is 2.66. The van der Waals surface area contributed by atoms with Gasteiger partial charge in [0.05, 0.1) is 6.61 Å². The van der Waals surface area contributed by atoms with Gasteiger partial charge in [-0.3, -0.25) is 0 Å². The number of hydrogen-bond acceptors (Lipinski definition) is 2. The minimum Gasteiger partial charge on any atom is -0.383 e. The van der Waals surface area contributed by atoms with Crippen molar-refractivity contribution in [3.8, 4) is 0 Å². The zero-order valence-electron chi connectivity index (χ0n) is 10.9. The Bertz CT molecular complexity index is 325. The van der Waals surface area contributed by atoms with Crippen molar-refractivity contribution < 1.29 is 4.74 Å². The van der Waals surface area contributed by atoms with Crippen LogP contribution in [0, 0.1) is 11.8 Å². The van der Waals surface area contributed by atoms with Gasteiger partial charge in [0.25, 0.3) is 0 Å². The van der Waals surface area contributed by atoms with Gasteiger partial charge in [-0.05, 0) is 36.3 Å². The van der Waals surface area contributed by atoms with Crippen molar-refractivity contribution in [2.24, 2.45) is 11.8 Å². The number of hydrogen-bond donors (Lipinski definition) is 1. The molecule has 0 aliphatic heterocycles. The van der Waals surface area contributed by atoms with Crippen molar-refractivity contribution in [3.63, 3.8) is 0 Å². The van der Waals surface area contributed by atoms with Gasteiger partial charge in [0.2, 0.25) is 0 Å². The van der Waals surface area contributed by atoms with Crippen molar-refractivity contribution in [3.05, 3.63) is 35.9 Å². The van der Waals surface area contributed by atoms with E-state index < -0.39 is 0 Å². The Kier molecular flexibility index (Phi) is 4.57. The van der Waals surface area contributed by atoms with Crippen molar-refractivity contribution in [2.75, 3.05) is 26.8 Å². The summed E-state index contributed by atoms with van der Waals surface area (Å²) in [6, 6.07) is 10.9. The summed E-state index contributed by atoms with van der Waals surface area (Å²) in [5, 5.41) is 3.45. The lowest BCUT2D eigenvalue weighted by atomic mass is 10.0. The molecule has 1 saturated carbocycles. The van der Waals surface area contributed by atoms with Crippen LogP contribution in [0.3, 0.4) is 0 Å². The third kappa shape index (κ3) is 3.55. The molecule has 2 rings (SSSR count). The summed E-state index contributed by atoms with van der Waals surface area (Å²) in [5.41, 5.74) is 1.52. The molecule has 3 unspecified atom stereocenters. The maximum Gasteiger partial charge on any atom is 0.0587 e. The van der Waals surface area contributed by atoms with Crippen LogP contribution in [0.1, 0.15) is 24.8 Å². The first-order valence-electron chi connectivity index (χ1n) is 6.57. The number of benzene rings is 1. The van der Waals surface area contributed by atoms with Crippen LogP contribution in [0.2, 0.25) is 0 Å². The van der Waals surface area contributed by atoms with E-state index in [1.807, 2.05) is 0 Å². The lowest BCUT2D eigenvalue weighted by Gasteiger charge is -2.12. The number of nitrogens with one attached hydrogen (secondary N) is 1. The number of methoxy groups -OCH3 is 1. The summed E-state index contributed by atoms with van der Waals surface area (Å²) in [6.45, 7) is 5.23. The quantitative estimate of drug-likeness (QED) is 0.731. The Morgan fingerprint density at radius 1 is 1.35 bits per heavy atom. The fourth-order valence-electron chi connectivity index (χ4n) is 2.58. The van der Waals surface area contributed by atoms with Crippen LogP contribution < -0.4 is 5.32 Å². The van der Waals surface area contributed by atoms with E-state index in [4.69, 9.17) is 4.74 Å². The molecule has 1 aliphatic carbocycles. The molecule has 1 fully saturated rings. The van der Waals surface area contributed by atoms with E-state index in [-0.39, 0.29) is 0 Å². The van der Waals surface area contributed by atoms with Crippen LogP contribution in [0.5, 0.6) is 0 Å². The van der Waals surface area contributed by atoms with Crippen LogP contribution in [-0.4, -0.2) is 26.8 Å². The summed E-state index contributed by atoms with van der Waals surface area (Å²) < 4.78 is 5.03. The highest BCUT2D eigenvalue weighted by molar-refractivity contribution is 5.25. The highest BCUT2D eigenvalue weighted by Crippen LogP contribution is 2.51. The fraction of sp³-hybridized carbons (Fsp3) is 0.600. The third-order valence-electron chi connectivity index (χ3n) is 3.75. The van der Waals surface area contributed by atoms with Gasteiger partial charge >= 0.3 is 0 Å². The second-order valence-corrected chi connectivity index (χ2v) is 5.09. The first-order valence-corrected chi connectivity index (χ1v) is 6.57. The molecule has 1 aromatic carbocycles. The molecule has 1 aliphatic rings. The topological polar surface area (TPSA) is 21.3 Å². The molecular weight excluding hydrogens is 210 g/mol. The molecule has 0 saturated heterocycles. The first-order chi connectivity index (χ1) is 8.33. The molecular formula is C15H23NO. The smallest absolute Gasteiger partial charge is 0.0587 e. The lowest BCUT2D eigenvalue weighted by Crippen LogP contribution is -2.25. The van der Waals surface area contributed by atoms with Crippen molar-refractivity contribution in [2.45, 2.75) is 19.3 Å². The van der Waals surface area contributed by atoms with Crippen LogP contribution in [0.15, 0.2) is 30.3 Å². The van der Waals surface area contributed by atoms with Gasteiger partial charge in [-0.15, -0.1) is 0 Å². The summed E-state index contributed by atoms with van der Waals surface area (Å²) >= 11 is 0. The standard InChI is InChI=1S/C15H23NO/c1-12(11-16-8-9-17-2)14-10-15(14)13-6-4-3-5-7-13/h3-7,12,14-16H,8-11H2,1-2H3. The molecule has 2 nitrogen and oxygen atoms in total. The van der Waals surface area contributed by atoms with Gasteiger partial charge in [0.1, 0.15) is 0 Å². The third-order valence-corrected chi connectivity index (χ3v) is 3.75. The van der Waals surface area contributed by atoms with E-state index in [0.29, 0.717) is 0 Å². The largest absolute Gasteiger partial charge is 0.383 e. The van der Waals surface area contributed by atoms with Crippen molar-refractivity contribution >= 4 is 0 Å². The monoisotopic (exact) mass is 233 g/mol. The maximum atomic E-state index is 5.03. The zero-order valence-corrected chi connectivity index (χ0v) is 10.9. The number of ether oxygens (including phenoxy) is 1. The molecule has 3 atom stereocenters. The Hall–Kier alpha value is -0.860. The summed E-state index contributed by atoms with van der Waals surface area (Å²) in [7, 11) is 1.75. The van der Waals surface area contributed by atoms with Gasteiger partial charge in [-0.2, -0.15) is 0 Å². The summed E-state index contributed by atoms with van der Waals surface area (Å²) in [4.78, 5) is 0. The van der Waals surface area contributed by atoms with Crippen LogP contribution in [0.25, 0.3) is 0 Å². The van der Waals surface area contributed by atoms with Crippen LogP contribution in [-0.2, 0) is 4.74 Å². The molecule has 0 spiro atoms. The minimum absolute atomic E-state index is 0.761. The van der Waals surface area contributed by atoms with Crippen molar-refractivity contribution in [1.82, 2.24) is 5.32 Å². The Morgan fingerprint density at radius 3 is 2.82 bits per heavy atom. The molecule has 0 heterocycles. The first kappa shape index (κ1) is 12.6. The SMILES string of the molecule is COCCNCC(C)C1CC1c1ccccc1. The van der Waals surface area contributed by atoms with Crippen LogP contribution in [0.4, 0.5) is 0 Å². The average Bonchev–Trinajstić information content (AvgIpc) is 3.16. The molecule has 0 amide bonds. The zero-order chi connectivity index (χ0) is 12.1. The van der Waals surface area contributed by atoms with E-state index in [1.165, 1.54) is 12.0 Å². The van der Waals surface area contributed by atoms with Gasteiger partial charge < -0.3 is 10.1 Å². The van der Waals surface area contributed by atoms with Gasteiger partial charge in [0, 0.05) is 13.7 Å². The average molecular weight is 233 g/mol.